The molecule has 1 saturated heterocycles. The highest BCUT2D eigenvalue weighted by molar-refractivity contribution is 5.44. The Morgan fingerprint density at radius 2 is 2.00 bits per heavy atom. The summed E-state index contributed by atoms with van der Waals surface area (Å²) in [6.07, 6.45) is 2.43. The number of piperidine rings is 1. The Kier molecular flexibility index (Phi) is 3.16. The molecule has 0 spiro atoms. The molecule has 1 fully saturated rings. The molecule has 4 heteroatoms. The molecule has 2 N–H and O–H groups in total. The van der Waals surface area contributed by atoms with Crippen molar-refractivity contribution in [2.75, 3.05) is 19.9 Å². The average molecular weight is 234 g/mol. The topological polar surface area (TPSA) is 42.5 Å². The van der Waals surface area contributed by atoms with Gasteiger partial charge in [-0.2, -0.15) is 0 Å². The van der Waals surface area contributed by atoms with Gasteiger partial charge in [0.1, 0.15) is 0 Å². The molecular weight excluding hydrogens is 216 g/mol. The maximum atomic E-state index is 5.37. The van der Waals surface area contributed by atoms with Gasteiger partial charge in [-0.05, 0) is 43.6 Å². The zero-order valence-electron chi connectivity index (χ0n) is 9.87. The molecule has 2 aliphatic rings. The lowest BCUT2D eigenvalue weighted by Gasteiger charge is -2.23. The van der Waals surface area contributed by atoms with Crippen LogP contribution in [0.15, 0.2) is 18.2 Å². The van der Waals surface area contributed by atoms with E-state index in [2.05, 4.69) is 22.8 Å². The number of nitrogens with one attached hydrogen (secondary N) is 2. The predicted molar refractivity (Wildman–Crippen MR) is 65.3 cm³/mol. The molecule has 0 saturated carbocycles. The summed E-state index contributed by atoms with van der Waals surface area (Å²) >= 11 is 0. The van der Waals surface area contributed by atoms with E-state index in [9.17, 15) is 0 Å². The standard InChI is InChI=1S/C13H18N2O2/c1-2-12-13(17-9-16-12)7-10(1)8-15-11-3-5-14-6-4-11/h1-2,7,11,14-15H,3-6,8-9H2. The number of hydrogen-bond acceptors (Lipinski definition) is 4. The number of benzene rings is 1. The number of hydrogen-bond donors (Lipinski definition) is 2. The summed E-state index contributed by atoms with van der Waals surface area (Å²) in [4.78, 5) is 0. The van der Waals surface area contributed by atoms with Crippen LogP contribution in [0.2, 0.25) is 0 Å². The second-order valence-corrected chi connectivity index (χ2v) is 4.59. The molecule has 0 aromatic heterocycles. The second kappa shape index (κ2) is 4.94. The van der Waals surface area contributed by atoms with Gasteiger partial charge in [0.25, 0.3) is 0 Å². The van der Waals surface area contributed by atoms with Gasteiger partial charge in [-0.15, -0.1) is 0 Å². The Hall–Kier alpha value is -1.26. The van der Waals surface area contributed by atoms with Crippen molar-refractivity contribution in [1.82, 2.24) is 10.6 Å². The van der Waals surface area contributed by atoms with Crippen molar-refractivity contribution >= 4 is 0 Å². The van der Waals surface area contributed by atoms with E-state index in [4.69, 9.17) is 9.47 Å². The lowest BCUT2D eigenvalue weighted by Crippen LogP contribution is -2.39. The molecule has 0 amide bonds. The third kappa shape index (κ3) is 2.53. The van der Waals surface area contributed by atoms with Gasteiger partial charge in [-0.25, -0.2) is 0 Å². The molecule has 0 aliphatic carbocycles. The fraction of sp³-hybridized carbons (Fsp3) is 0.538. The van der Waals surface area contributed by atoms with Gasteiger partial charge in [0, 0.05) is 12.6 Å². The summed E-state index contributed by atoms with van der Waals surface area (Å²) in [5.74, 6) is 1.73. The van der Waals surface area contributed by atoms with Gasteiger partial charge in [0.2, 0.25) is 6.79 Å². The molecule has 1 aromatic rings. The molecule has 0 bridgehead atoms. The van der Waals surface area contributed by atoms with E-state index in [0.29, 0.717) is 12.8 Å². The molecule has 2 aliphatic heterocycles. The number of rotatable bonds is 3. The summed E-state index contributed by atoms with van der Waals surface area (Å²) in [6.45, 7) is 3.50. The highest BCUT2D eigenvalue weighted by Gasteiger charge is 2.15. The van der Waals surface area contributed by atoms with Gasteiger partial charge in [-0.3, -0.25) is 0 Å². The van der Waals surface area contributed by atoms with Crippen molar-refractivity contribution in [2.24, 2.45) is 0 Å². The van der Waals surface area contributed by atoms with Crippen molar-refractivity contribution in [3.63, 3.8) is 0 Å². The van der Waals surface area contributed by atoms with E-state index in [1.54, 1.807) is 0 Å². The first-order chi connectivity index (χ1) is 8.42. The lowest BCUT2D eigenvalue weighted by molar-refractivity contribution is 0.174. The Labute approximate surface area is 101 Å². The van der Waals surface area contributed by atoms with Crippen LogP contribution in [0, 0.1) is 0 Å². The summed E-state index contributed by atoms with van der Waals surface area (Å²) in [6, 6.07) is 6.79. The molecule has 17 heavy (non-hydrogen) atoms. The first-order valence-electron chi connectivity index (χ1n) is 6.24. The molecule has 1 aromatic carbocycles. The average Bonchev–Trinajstić information content (AvgIpc) is 2.85. The summed E-state index contributed by atoms with van der Waals surface area (Å²) < 4.78 is 10.7. The predicted octanol–water partition coefficient (Wildman–Crippen LogP) is 1.26. The minimum Gasteiger partial charge on any atom is -0.454 e. The zero-order valence-corrected chi connectivity index (χ0v) is 9.87. The van der Waals surface area contributed by atoms with Crippen LogP contribution in [0.25, 0.3) is 0 Å². The normalized spacial score (nSPS) is 19.5. The van der Waals surface area contributed by atoms with Crippen LogP contribution in [0.4, 0.5) is 0 Å². The van der Waals surface area contributed by atoms with Crippen molar-refractivity contribution in [3.05, 3.63) is 23.8 Å². The molecule has 92 valence electrons. The van der Waals surface area contributed by atoms with Crippen molar-refractivity contribution in [3.8, 4) is 11.5 Å². The largest absolute Gasteiger partial charge is 0.454 e. The van der Waals surface area contributed by atoms with Crippen molar-refractivity contribution in [2.45, 2.75) is 25.4 Å². The molecule has 0 radical (unpaired) electrons. The van der Waals surface area contributed by atoms with Gasteiger partial charge in [-0.1, -0.05) is 6.07 Å². The Morgan fingerprint density at radius 3 is 2.88 bits per heavy atom. The summed E-state index contributed by atoms with van der Waals surface area (Å²) in [5.41, 5.74) is 1.26. The van der Waals surface area contributed by atoms with E-state index in [1.807, 2.05) is 6.07 Å². The van der Waals surface area contributed by atoms with Crippen LogP contribution in [-0.4, -0.2) is 25.9 Å². The van der Waals surface area contributed by atoms with Crippen LogP contribution >= 0.6 is 0 Å². The minimum atomic E-state index is 0.348. The lowest BCUT2D eigenvalue weighted by atomic mass is 10.1. The van der Waals surface area contributed by atoms with Gasteiger partial charge in [0.05, 0.1) is 0 Å². The first-order valence-corrected chi connectivity index (χ1v) is 6.24. The third-order valence-corrected chi connectivity index (χ3v) is 3.37. The Bertz CT molecular complexity index is 389. The number of fused-ring (bicyclic) bond motifs is 1. The molecule has 2 heterocycles. The van der Waals surface area contributed by atoms with Crippen LogP contribution in [0.5, 0.6) is 11.5 Å². The van der Waals surface area contributed by atoms with Crippen molar-refractivity contribution < 1.29 is 9.47 Å². The maximum absolute atomic E-state index is 5.37. The SMILES string of the molecule is c1cc2c(cc1CNC1CCNCC1)OCO2. The monoisotopic (exact) mass is 234 g/mol. The first kappa shape index (κ1) is 10.9. The minimum absolute atomic E-state index is 0.348. The van der Waals surface area contributed by atoms with Crippen LogP contribution < -0.4 is 20.1 Å². The maximum Gasteiger partial charge on any atom is 0.231 e. The second-order valence-electron chi connectivity index (χ2n) is 4.59. The molecule has 4 nitrogen and oxygen atoms in total. The van der Waals surface area contributed by atoms with E-state index < -0.39 is 0 Å². The fourth-order valence-electron chi connectivity index (χ4n) is 2.34. The quantitative estimate of drug-likeness (QED) is 0.826. The molecule has 0 unspecified atom stereocenters. The fourth-order valence-corrected chi connectivity index (χ4v) is 2.34. The molecule has 0 atom stereocenters. The smallest absolute Gasteiger partial charge is 0.231 e. The van der Waals surface area contributed by atoms with Crippen LogP contribution in [0.3, 0.4) is 0 Å². The molecule has 3 rings (SSSR count). The van der Waals surface area contributed by atoms with Crippen LogP contribution in [-0.2, 0) is 6.54 Å². The summed E-state index contributed by atoms with van der Waals surface area (Å²) in [5, 5.41) is 6.96. The highest BCUT2D eigenvalue weighted by atomic mass is 16.7. The van der Waals surface area contributed by atoms with E-state index in [-0.39, 0.29) is 0 Å². The third-order valence-electron chi connectivity index (χ3n) is 3.37. The van der Waals surface area contributed by atoms with E-state index >= 15 is 0 Å². The van der Waals surface area contributed by atoms with E-state index in [0.717, 1.165) is 31.1 Å². The zero-order chi connectivity index (χ0) is 11.5. The highest BCUT2D eigenvalue weighted by Crippen LogP contribution is 2.32. The van der Waals surface area contributed by atoms with Gasteiger partial charge in [0.15, 0.2) is 11.5 Å². The van der Waals surface area contributed by atoms with Gasteiger partial charge < -0.3 is 20.1 Å². The Balaban J connectivity index is 1.57. The molecular formula is C13H18N2O2. The van der Waals surface area contributed by atoms with Crippen LogP contribution in [0.1, 0.15) is 18.4 Å². The number of ether oxygens (including phenoxy) is 2. The van der Waals surface area contributed by atoms with Crippen molar-refractivity contribution in [1.29, 1.82) is 0 Å². The Morgan fingerprint density at radius 1 is 1.18 bits per heavy atom. The van der Waals surface area contributed by atoms with E-state index in [1.165, 1.54) is 18.4 Å². The summed E-state index contributed by atoms with van der Waals surface area (Å²) in [7, 11) is 0. The van der Waals surface area contributed by atoms with Gasteiger partial charge >= 0.3 is 0 Å².